The van der Waals surface area contributed by atoms with E-state index in [4.69, 9.17) is 4.74 Å². The Kier molecular flexibility index (Phi) is 5.68. The summed E-state index contributed by atoms with van der Waals surface area (Å²) in [4.78, 5) is 33.9. The van der Waals surface area contributed by atoms with E-state index in [0.29, 0.717) is 27.9 Å². The maximum atomic E-state index is 12.8. The first-order chi connectivity index (χ1) is 13.5. The molecule has 0 radical (unpaired) electrons. The van der Waals surface area contributed by atoms with Gasteiger partial charge < -0.3 is 10.1 Å². The predicted molar refractivity (Wildman–Crippen MR) is 109 cm³/mol. The molecule has 0 unspecified atom stereocenters. The van der Waals surface area contributed by atoms with Crippen LogP contribution >= 0.6 is 0 Å². The molecule has 0 aliphatic rings. The van der Waals surface area contributed by atoms with Crippen molar-refractivity contribution in [3.63, 3.8) is 0 Å². The Morgan fingerprint density at radius 1 is 1.00 bits per heavy atom. The lowest BCUT2D eigenvalue weighted by Crippen LogP contribution is -2.14. The van der Waals surface area contributed by atoms with Crippen LogP contribution in [-0.2, 0) is 17.6 Å². The zero-order valence-corrected chi connectivity index (χ0v) is 16.5. The summed E-state index contributed by atoms with van der Waals surface area (Å²) in [5.74, 6) is -0.708. The van der Waals surface area contributed by atoms with Crippen molar-refractivity contribution in [3.8, 4) is 0 Å². The van der Waals surface area contributed by atoms with Crippen LogP contribution in [0.2, 0.25) is 0 Å². The maximum Gasteiger partial charge on any atom is 0.338 e. The Morgan fingerprint density at radius 3 is 2.32 bits per heavy atom. The molecule has 0 saturated heterocycles. The molecule has 144 valence electrons. The summed E-state index contributed by atoms with van der Waals surface area (Å²) in [5, 5.41) is 2.87. The van der Waals surface area contributed by atoms with E-state index in [2.05, 4.69) is 22.2 Å². The number of aryl methyl sites for hydroxylation is 2. The molecule has 28 heavy (non-hydrogen) atoms. The summed E-state index contributed by atoms with van der Waals surface area (Å²) >= 11 is 0. The van der Waals surface area contributed by atoms with Gasteiger partial charge in [-0.15, -0.1) is 0 Å². The Hall–Kier alpha value is -3.28. The number of methoxy groups -OCH3 is 1. The van der Waals surface area contributed by atoms with Gasteiger partial charge in [-0.1, -0.05) is 19.9 Å². The molecule has 0 atom stereocenters. The molecule has 3 aromatic rings. The highest BCUT2D eigenvalue weighted by molar-refractivity contribution is 6.07. The van der Waals surface area contributed by atoms with Crippen LogP contribution < -0.4 is 5.32 Å². The number of nitrogens with zero attached hydrogens (tertiary/aromatic N) is 2. The van der Waals surface area contributed by atoms with E-state index in [1.54, 1.807) is 37.3 Å². The summed E-state index contributed by atoms with van der Waals surface area (Å²) < 4.78 is 4.78. The fourth-order valence-corrected chi connectivity index (χ4v) is 3.13. The maximum absolute atomic E-state index is 12.8. The van der Waals surface area contributed by atoms with Crippen LogP contribution in [0, 0.1) is 6.92 Å². The number of ether oxygens (including phenoxy) is 1. The molecule has 6 heteroatoms. The number of nitrogens with one attached hydrogen (secondary N) is 1. The topological polar surface area (TPSA) is 81.2 Å². The minimum atomic E-state index is -0.437. The predicted octanol–water partition coefficient (Wildman–Crippen LogP) is 4.10. The third kappa shape index (κ3) is 3.71. The lowest BCUT2D eigenvalue weighted by molar-refractivity contribution is 0.0599. The number of rotatable bonds is 5. The number of aromatic nitrogens is 2. The number of benzene rings is 2. The first-order valence-corrected chi connectivity index (χ1v) is 9.27. The molecular formula is C22H23N3O3. The molecular weight excluding hydrogens is 354 g/mol. The van der Waals surface area contributed by atoms with Crippen molar-refractivity contribution in [2.24, 2.45) is 0 Å². The standard InChI is InChI=1S/C22H23N3O3/c1-5-16-17(6-2)24-20-12-14(10-11-19(20)23-16)21(26)25-18-9-7-8-15(13(18)3)22(27)28-4/h7-12H,5-6H2,1-4H3,(H,25,26). The SMILES string of the molecule is CCc1nc2ccc(C(=O)Nc3cccc(C(=O)OC)c3C)cc2nc1CC. The molecule has 1 N–H and O–H groups in total. The van der Waals surface area contributed by atoms with Crippen LogP contribution in [0.1, 0.15) is 51.5 Å². The number of hydrogen-bond acceptors (Lipinski definition) is 5. The van der Waals surface area contributed by atoms with Gasteiger partial charge in [-0.3, -0.25) is 4.79 Å². The smallest absolute Gasteiger partial charge is 0.338 e. The molecule has 0 saturated carbocycles. The quantitative estimate of drug-likeness (QED) is 0.677. The molecule has 2 aromatic carbocycles. The normalized spacial score (nSPS) is 10.7. The first kappa shape index (κ1) is 19.5. The van der Waals surface area contributed by atoms with Crippen LogP contribution in [-0.4, -0.2) is 29.0 Å². The highest BCUT2D eigenvalue weighted by Gasteiger charge is 2.15. The molecule has 0 fully saturated rings. The van der Waals surface area contributed by atoms with Gasteiger partial charge in [0.15, 0.2) is 0 Å². The third-order valence-corrected chi connectivity index (χ3v) is 4.74. The highest BCUT2D eigenvalue weighted by atomic mass is 16.5. The number of esters is 1. The monoisotopic (exact) mass is 377 g/mol. The van der Waals surface area contributed by atoms with E-state index in [-0.39, 0.29) is 5.91 Å². The molecule has 0 aliphatic carbocycles. The van der Waals surface area contributed by atoms with Crippen molar-refractivity contribution in [1.29, 1.82) is 0 Å². The van der Waals surface area contributed by atoms with Crippen LogP contribution in [0.25, 0.3) is 11.0 Å². The van der Waals surface area contributed by atoms with Crippen molar-refractivity contribution in [3.05, 3.63) is 64.5 Å². The van der Waals surface area contributed by atoms with Gasteiger partial charge in [0.1, 0.15) is 0 Å². The number of anilines is 1. The average molecular weight is 377 g/mol. The second-order valence-electron chi connectivity index (χ2n) is 6.45. The van der Waals surface area contributed by atoms with Gasteiger partial charge in [-0.05, 0) is 55.7 Å². The lowest BCUT2D eigenvalue weighted by Gasteiger charge is -2.12. The Morgan fingerprint density at radius 2 is 1.68 bits per heavy atom. The number of carbonyl (C=O) groups is 2. The number of carbonyl (C=O) groups excluding carboxylic acids is 2. The lowest BCUT2D eigenvalue weighted by atomic mass is 10.1. The Balaban J connectivity index is 1.93. The van der Waals surface area contributed by atoms with Gasteiger partial charge in [0.25, 0.3) is 5.91 Å². The molecule has 1 amide bonds. The summed E-state index contributed by atoms with van der Waals surface area (Å²) in [6, 6.07) is 10.4. The molecule has 1 aromatic heterocycles. The summed E-state index contributed by atoms with van der Waals surface area (Å²) in [7, 11) is 1.33. The van der Waals surface area contributed by atoms with Crippen LogP contribution in [0.15, 0.2) is 36.4 Å². The van der Waals surface area contributed by atoms with E-state index >= 15 is 0 Å². The molecule has 1 heterocycles. The zero-order chi connectivity index (χ0) is 20.3. The largest absolute Gasteiger partial charge is 0.465 e. The number of amides is 1. The van der Waals surface area contributed by atoms with Gasteiger partial charge in [0.2, 0.25) is 0 Å². The van der Waals surface area contributed by atoms with Crippen molar-refractivity contribution in [1.82, 2.24) is 9.97 Å². The van der Waals surface area contributed by atoms with Crippen LogP contribution in [0.3, 0.4) is 0 Å². The van der Waals surface area contributed by atoms with E-state index in [9.17, 15) is 9.59 Å². The molecule has 0 spiro atoms. The summed E-state index contributed by atoms with van der Waals surface area (Å²) in [6.45, 7) is 5.87. The van der Waals surface area contributed by atoms with Gasteiger partial charge in [0, 0.05) is 11.3 Å². The van der Waals surface area contributed by atoms with E-state index < -0.39 is 5.97 Å². The number of fused-ring (bicyclic) bond motifs is 1. The second-order valence-corrected chi connectivity index (χ2v) is 6.45. The minimum absolute atomic E-state index is 0.272. The van der Waals surface area contributed by atoms with Crippen molar-refractivity contribution in [2.45, 2.75) is 33.6 Å². The average Bonchev–Trinajstić information content (AvgIpc) is 2.73. The molecule has 6 nitrogen and oxygen atoms in total. The van der Waals surface area contributed by atoms with Gasteiger partial charge in [-0.25, -0.2) is 14.8 Å². The van der Waals surface area contributed by atoms with Gasteiger partial charge in [-0.2, -0.15) is 0 Å². The van der Waals surface area contributed by atoms with E-state index in [1.165, 1.54) is 7.11 Å². The molecule has 0 aliphatic heterocycles. The van der Waals surface area contributed by atoms with Crippen molar-refractivity contribution >= 4 is 28.6 Å². The van der Waals surface area contributed by atoms with Crippen molar-refractivity contribution in [2.75, 3.05) is 12.4 Å². The van der Waals surface area contributed by atoms with E-state index in [0.717, 1.165) is 29.7 Å². The van der Waals surface area contributed by atoms with Crippen molar-refractivity contribution < 1.29 is 14.3 Å². The van der Waals surface area contributed by atoms with Gasteiger partial charge in [0.05, 0.1) is 35.1 Å². The first-order valence-electron chi connectivity index (χ1n) is 9.27. The van der Waals surface area contributed by atoms with E-state index in [1.807, 2.05) is 13.0 Å². The fraction of sp³-hybridized carbons (Fsp3) is 0.273. The summed E-state index contributed by atoms with van der Waals surface area (Å²) in [6.07, 6.45) is 1.62. The van der Waals surface area contributed by atoms with Crippen LogP contribution in [0.5, 0.6) is 0 Å². The Labute approximate surface area is 164 Å². The van der Waals surface area contributed by atoms with Gasteiger partial charge >= 0.3 is 5.97 Å². The fourth-order valence-electron chi connectivity index (χ4n) is 3.13. The molecule has 3 rings (SSSR count). The zero-order valence-electron chi connectivity index (χ0n) is 16.5. The van der Waals surface area contributed by atoms with Crippen LogP contribution in [0.4, 0.5) is 5.69 Å². The highest BCUT2D eigenvalue weighted by Crippen LogP contribution is 2.22. The molecule has 0 bridgehead atoms. The third-order valence-electron chi connectivity index (χ3n) is 4.74. The Bertz CT molecular complexity index is 1060. The second kappa shape index (κ2) is 8.17. The summed E-state index contributed by atoms with van der Waals surface area (Å²) in [5.41, 5.74) is 5.53. The minimum Gasteiger partial charge on any atom is -0.465 e. The number of hydrogen-bond donors (Lipinski definition) is 1.